The van der Waals surface area contributed by atoms with E-state index < -0.39 is 0 Å². The fourth-order valence-electron chi connectivity index (χ4n) is 3.86. The van der Waals surface area contributed by atoms with E-state index in [2.05, 4.69) is 34.4 Å². The summed E-state index contributed by atoms with van der Waals surface area (Å²) in [7, 11) is 1.92. The molecule has 0 spiro atoms. The Morgan fingerprint density at radius 2 is 2.14 bits per heavy atom. The molecule has 0 aliphatic carbocycles. The van der Waals surface area contributed by atoms with Crippen LogP contribution in [0.25, 0.3) is 11.1 Å². The van der Waals surface area contributed by atoms with Crippen LogP contribution in [0.15, 0.2) is 30.6 Å². The van der Waals surface area contributed by atoms with E-state index in [1.165, 1.54) is 0 Å². The molecule has 1 fully saturated rings. The summed E-state index contributed by atoms with van der Waals surface area (Å²) in [5.41, 5.74) is 5.76. The highest BCUT2D eigenvalue weighted by Gasteiger charge is 2.30. The van der Waals surface area contributed by atoms with E-state index in [9.17, 15) is 4.79 Å². The second kappa shape index (κ2) is 7.58. The summed E-state index contributed by atoms with van der Waals surface area (Å²) in [6.45, 7) is 5.54. The van der Waals surface area contributed by atoms with E-state index in [1.807, 2.05) is 37.3 Å². The summed E-state index contributed by atoms with van der Waals surface area (Å²) in [5.74, 6) is 0.245. The fourth-order valence-corrected chi connectivity index (χ4v) is 3.86. The number of amides is 1. The molecule has 0 radical (unpaired) electrons. The molecule has 3 aromatic rings. The van der Waals surface area contributed by atoms with E-state index in [-0.39, 0.29) is 11.8 Å². The maximum atomic E-state index is 12.8. The number of rotatable bonds is 5. The number of nitrogens with one attached hydrogen (secondary N) is 1. The number of likely N-dealkylation sites (tertiary alicyclic amines) is 1. The molecule has 1 aliphatic rings. The van der Waals surface area contributed by atoms with Gasteiger partial charge in [0.25, 0.3) is 5.91 Å². The Labute approximate surface area is 164 Å². The largest absolute Gasteiger partial charge is 0.337 e. The zero-order valence-electron chi connectivity index (χ0n) is 16.6. The normalized spacial score (nSPS) is 16.7. The van der Waals surface area contributed by atoms with Crippen molar-refractivity contribution in [3.05, 3.63) is 53.4 Å². The predicted octanol–water partition coefficient (Wildman–Crippen LogP) is 3.10. The lowest BCUT2D eigenvalue weighted by Crippen LogP contribution is -2.28. The third-order valence-corrected chi connectivity index (χ3v) is 5.27. The molecule has 7 nitrogen and oxygen atoms in total. The predicted molar refractivity (Wildman–Crippen MR) is 107 cm³/mol. The standard InChI is InChI=1S/C21H26N6O/c1-4-5-18-10-20(25-24-18)21(28)27-7-6-15(13-27)19-9-16(8-14(2)23-19)17-11-22-26(3)12-17/h8-12,15H,4-7,13H2,1-3H3,(H,24,25). The second-order valence-electron chi connectivity index (χ2n) is 7.59. The SMILES string of the molecule is CCCc1cc(C(=O)N2CCC(c3cc(-c4cnn(C)c4)cc(C)n3)C2)n[nH]1. The Balaban J connectivity index is 1.50. The Bertz CT molecular complexity index is 988. The topological polar surface area (TPSA) is 79.7 Å². The Hall–Kier alpha value is -2.96. The number of H-pyrrole nitrogens is 1. The molecule has 28 heavy (non-hydrogen) atoms. The molecule has 1 saturated heterocycles. The number of aromatic nitrogens is 5. The highest BCUT2D eigenvalue weighted by atomic mass is 16.2. The smallest absolute Gasteiger partial charge is 0.274 e. The van der Waals surface area contributed by atoms with Crippen molar-refractivity contribution in [1.29, 1.82) is 0 Å². The summed E-state index contributed by atoms with van der Waals surface area (Å²) >= 11 is 0. The van der Waals surface area contributed by atoms with Crippen LogP contribution >= 0.6 is 0 Å². The van der Waals surface area contributed by atoms with Gasteiger partial charge in [0.2, 0.25) is 0 Å². The molecular formula is C21H26N6O. The number of hydrogen-bond acceptors (Lipinski definition) is 4. The third kappa shape index (κ3) is 3.69. The van der Waals surface area contributed by atoms with Gasteiger partial charge in [0.15, 0.2) is 0 Å². The van der Waals surface area contributed by atoms with E-state index in [0.717, 1.165) is 54.0 Å². The van der Waals surface area contributed by atoms with Crippen molar-refractivity contribution in [1.82, 2.24) is 29.9 Å². The summed E-state index contributed by atoms with van der Waals surface area (Å²) in [6.07, 6.45) is 6.73. The number of nitrogens with zero attached hydrogens (tertiary/aromatic N) is 5. The van der Waals surface area contributed by atoms with Crippen molar-refractivity contribution in [2.75, 3.05) is 13.1 Å². The van der Waals surface area contributed by atoms with E-state index in [1.54, 1.807) is 4.68 Å². The van der Waals surface area contributed by atoms with Crippen LogP contribution in [0, 0.1) is 6.92 Å². The van der Waals surface area contributed by atoms with Crippen LogP contribution in [0.2, 0.25) is 0 Å². The molecule has 4 rings (SSSR count). The lowest BCUT2D eigenvalue weighted by atomic mass is 10.00. The minimum absolute atomic E-state index is 0.00115. The fraction of sp³-hybridized carbons (Fsp3) is 0.429. The number of aromatic amines is 1. The first-order valence-corrected chi connectivity index (χ1v) is 9.84. The first kappa shape index (κ1) is 18.4. The molecule has 1 atom stereocenters. The minimum atomic E-state index is 0.00115. The van der Waals surface area contributed by atoms with Crippen LogP contribution in [0.3, 0.4) is 0 Å². The second-order valence-corrected chi connectivity index (χ2v) is 7.59. The third-order valence-electron chi connectivity index (χ3n) is 5.27. The molecule has 1 aliphatic heterocycles. The summed E-state index contributed by atoms with van der Waals surface area (Å²) in [5, 5.41) is 11.4. The minimum Gasteiger partial charge on any atom is -0.337 e. The number of aryl methyl sites for hydroxylation is 3. The van der Waals surface area contributed by atoms with Gasteiger partial charge in [-0.05, 0) is 43.5 Å². The maximum absolute atomic E-state index is 12.8. The van der Waals surface area contributed by atoms with Gasteiger partial charge in [-0.1, -0.05) is 13.3 Å². The Kier molecular flexibility index (Phi) is 4.98. The average Bonchev–Trinajstić information content (AvgIpc) is 3.41. The van der Waals surface area contributed by atoms with Gasteiger partial charge in [-0.25, -0.2) is 0 Å². The van der Waals surface area contributed by atoms with Crippen molar-refractivity contribution in [3.8, 4) is 11.1 Å². The highest BCUT2D eigenvalue weighted by molar-refractivity contribution is 5.92. The van der Waals surface area contributed by atoms with Crippen LogP contribution in [0.5, 0.6) is 0 Å². The number of hydrogen-bond donors (Lipinski definition) is 1. The Morgan fingerprint density at radius 1 is 1.29 bits per heavy atom. The molecule has 0 aromatic carbocycles. The average molecular weight is 378 g/mol. The zero-order valence-corrected chi connectivity index (χ0v) is 16.6. The van der Waals surface area contributed by atoms with Crippen molar-refractivity contribution in [2.45, 2.75) is 39.0 Å². The van der Waals surface area contributed by atoms with Gasteiger partial charge in [-0.15, -0.1) is 0 Å². The molecule has 0 saturated carbocycles. The van der Waals surface area contributed by atoms with Crippen molar-refractivity contribution < 1.29 is 4.79 Å². The lowest BCUT2D eigenvalue weighted by molar-refractivity contribution is 0.0785. The van der Waals surface area contributed by atoms with Gasteiger partial charge in [0.1, 0.15) is 5.69 Å². The van der Waals surface area contributed by atoms with Gasteiger partial charge in [-0.3, -0.25) is 19.6 Å². The number of carbonyl (C=O) groups is 1. The van der Waals surface area contributed by atoms with E-state index in [4.69, 9.17) is 4.98 Å². The maximum Gasteiger partial charge on any atom is 0.274 e. The van der Waals surface area contributed by atoms with Gasteiger partial charge in [0, 0.05) is 54.9 Å². The monoisotopic (exact) mass is 378 g/mol. The Morgan fingerprint density at radius 3 is 2.89 bits per heavy atom. The highest BCUT2D eigenvalue weighted by Crippen LogP contribution is 2.30. The number of carbonyl (C=O) groups excluding carboxylic acids is 1. The zero-order chi connectivity index (χ0) is 19.7. The molecule has 1 unspecified atom stereocenters. The number of pyridine rings is 1. The van der Waals surface area contributed by atoms with E-state index in [0.29, 0.717) is 12.2 Å². The molecule has 1 amide bonds. The summed E-state index contributed by atoms with van der Waals surface area (Å²) in [4.78, 5) is 19.5. The van der Waals surface area contributed by atoms with Crippen molar-refractivity contribution in [3.63, 3.8) is 0 Å². The molecule has 146 valence electrons. The van der Waals surface area contributed by atoms with Crippen LogP contribution in [0.1, 0.15) is 53.3 Å². The van der Waals surface area contributed by atoms with E-state index >= 15 is 0 Å². The van der Waals surface area contributed by atoms with Crippen LogP contribution in [-0.4, -0.2) is 48.9 Å². The van der Waals surface area contributed by atoms with Gasteiger partial charge < -0.3 is 4.90 Å². The summed E-state index contributed by atoms with van der Waals surface area (Å²) in [6, 6.07) is 6.10. The lowest BCUT2D eigenvalue weighted by Gasteiger charge is -2.15. The van der Waals surface area contributed by atoms with Gasteiger partial charge in [-0.2, -0.15) is 10.2 Å². The molecular weight excluding hydrogens is 352 g/mol. The van der Waals surface area contributed by atoms with Crippen molar-refractivity contribution >= 4 is 5.91 Å². The van der Waals surface area contributed by atoms with Crippen LogP contribution < -0.4 is 0 Å². The van der Waals surface area contributed by atoms with Crippen LogP contribution in [0.4, 0.5) is 0 Å². The van der Waals surface area contributed by atoms with Crippen LogP contribution in [-0.2, 0) is 13.5 Å². The quantitative estimate of drug-likeness (QED) is 0.740. The molecule has 7 heteroatoms. The molecule has 3 aromatic heterocycles. The summed E-state index contributed by atoms with van der Waals surface area (Å²) < 4.78 is 1.80. The molecule has 4 heterocycles. The van der Waals surface area contributed by atoms with Crippen molar-refractivity contribution in [2.24, 2.45) is 7.05 Å². The molecule has 0 bridgehead atoms. The van der Waals surface area contributed by atoms with Gasteiger partial charge >= 0.3 is 0 Å². The van der Waals surface area contributed by atoms with Gasteiger partial charge in [0.05, 0.1) is 6.20 Å². The first-order valence-electron chi connectivity index (χ1n) is 9.84. The first-order chi connectivity index (χ1) is 13.5. The molecule has 1 N–H and O–H groups in total.